The first-order valence-corrected chi connectivity index (χ1v) is 6.33. The zero-order chi connectivity index (χ0) is 11.4. The van der Waals surface area contributed by atoms with Crippen LogP contribution in [0.1, 0.15) is 17.5 Å². The molecular formula is C13H18ClNO. The molecule has 1 fully saturated rings. The van der Waals surface area contributed by atoms with Gasteiger partial charge in [-0.1, -0.05) is 6.07 Å². The van der Waals surface area contributed by atoms with Gasteiger partial charge in [-0.05, 0) is 36.6 Å². The van der Waals surface area contributed by atoms with Crippen LogP contribution in [-0.4, -0.2) is 26.3 Å². The van der Waals surface area contributed by atoms with Crippen LogP contribution in [0, 0.1) is 6.92 Å². The summed E-state index contributed by atoms with van der Waals surface area (Å²) in [5.41, 5.74) is 3.78. The molecule has 0 bridgehead atoms. The summed E-state index contributed by atoms with van der Waals surface area (Å²) < 4.78 is 5.46. The van der Waals surface area contributed by atoms with E-state index in [4.69, 9.17) is 16.3 Å². The van der Waals surface area contributed by atoms with E-state index in [0.29, 0.717) is 5.88 Å². The fourth-order valence-corrected chi connectivity index (χ4v) is 2.33. The number of anilines is 1. The molecule has 88 valence electrons. The smallest absolute Gasteiger partial charge is 0.0641 e. The molecule has 0 aromatic heterocycles. The Labute approximate surface area is 102 Å². The number of halogens is 1. The number of hydrogen-bond donors (Lipinski definition) is 0. The summed E-state index contributed by atoms with van der Waals surface area (Å²) in [5, 5.41) is 0. The topological polar surface area (TPSA) is 12.5 Å². The minimum atomic E-state index is 0.592. The van der Waals surface area contributed by atoms with E-state index in [9.17, 15) is 0 Å². The predicted molar refractivity (Wildman–Crippen MR) is 68.4 cm³/mol. The first kappa shape index (κ1) is 11.7. The normalized spacial score (nSPS) is 17.2. The molecule has 1 aliphatic rings. The molecule has 1 aromatic carbocycles. The maximum Gasteiger partial charge on any atom is 0.0641 e. The molecule has 2 nitrogen and oxygen atoms in total. The maximum atomic E-state index is 5.86. The highest BCUT2D eigenvalue weighted by Crippen LogP contribution is 2.21. The molecule has 0 aliphatic carbocycles. The van der Waals surface area contributed by atoms with Crippen LogP contribution in [0.5, 0.6) is 0 Å². The lowest BCUT2D eigenvalue weighted by atomic mass is 10.1. The maximum absolute atomic E-state index is 5.86. The van der Waals surface area contributed by atoms with Gasteiger partial charge in [0.15, 0.2) is 0 Å². The second-order valence-electron chi connectivity index (χ2n) is 4.20. The Morgan fingerprint density at radius 1 is 1.31 bits per heavy atom. The van der Waals surface area contributed by atoms with Gasteiger partial charge in [0.25, 0.3) is 0 Å². The lowest BCUT2D eigenvalue weighted by Crippen LogP contribution is -2.25. The molecule has 0 spiro atoms. The fraction of sp³-hybridized carbons (Fsp3) is 0.538. The van der Waals surface area contributed by atoms with Crippen molar-refractivity contribution in [1.29, 1.82) is 0 Å². The second-order valence-corrected chi connectivity index (χ2v) is 4.46. The quantitative estimate of drug-likeness (QED) is 0.736. The van der Waals surface area contributed by atoms with Gasteiger partial charge in [-0.2, -0.15) is 0 Å². The van der Waals surface area contributed by atoms with Crippen molar-refractivity contribution in [3.05, 3.63) is 29.3 Å². The van der Waals surface area contributed by atoms with Crippen molar-refractivity contribution in [3.63, 3.8) is 0 Å². The van der Waals surface area contributed by atoms with Crippen LogP contribution in [0.4, 0.5) is 5.69 Å². The number of alkyl halides is 1. The Morgan fingerprint density at radius 3 is 2.94 bits per heavy atom. The van der Waals surface area contributed by atoms with Gasteiger partial charge in [-0.15, -0.1) is 11.6 Å². The lowest BCUT2D eigenvalue weighted by Gasteiger charge is -2.22. The van der Waals surface area contributed by atoms with Crippen LogP contribution in [-0.2, 0) is 10.6 Å². The van der Waals surface area contributed by atoms with Gasteiger partial charge in [-0.25, -0.2) is 0 Å². The van der Waals surface area contributed by atoms with Gasteiger partial charge in [0.05, 0.1) is 6.61 Å². The molecule has 0 saturated carbocycles. The van der Waals surface area contributed by atoms with E-state index in [2.05, 4.69) is 30.0 Å². The highest BCUT2D eigenvalue weighted by Gasteiger charge is 2.10. The van der Waals surface area contributed by atoms with Crippen molar-refractivity contribution < 1.29 is 4.74 Å². The van der Waals surface area contributed by atoms with Crippen molar-refractivity contribution in [3.8, 4) is 0 Å². The third kappa shape index (κ3) is 2.69. The highest BCUT2D eigenvalue weighted by atomic mass is 35.5. The molecule has 1 saturated heterocycles. The zero-order valence-electron chi connectivity index (χ0n) is 9.71. The summed E-state index contributed by atoms with van der Waals surface area (Å²) in [6, 6.07) is 6.52. The molecule has 1 aromatic rings. The van der Waals surface area contributed by atoms with Gasteiger partial charge >= 0.3 is 0 Å². The summed E-state index contributed by atoms with van der Waals surface area (Å²) in [5.74, 6) is 0.592. The summed E-state index contributed by atoms with van der Waals surface area (Å²) >= 11 is 5.86. The zero-order valence-corrected chi connectivity index (χ0v) is 10.5. The Kier molecular flexibility index (Phi) is 4.08. The molecule has 0 unspecified atom stereocenters. The van der Waals surface area contributed by atoms with Gasteiger partial charge in [0.1, 0.15) is 0 Å². The summed E-state index contributed by atoms with van der Waals surface area (Å²) in [7, 11) is 0. The van der Waals surface area contributed by atoms with Gasteiger partial charge < -0.3 is 9.64 Å². The van der Waals surface area contributed by atoms with Crippen molar-refractivity contribution in [2.45, 2.75) is 19.2 Å². The molecule has 2 rings (SSSR count). The van der Waals surface area contributed by atoms with Crippen LogP contribution >= 0.6 is 11.6 Å². The Balaban J connectivity index is 2.16. The highest BCUT2D eigenvalue weighted by molar-refractivity contribution is 6.17. The summed E-state index contributed by atoms with van der Waals surface area (Å²) in [4.78, 5) is 2.39. The Morgan fingerprint density at radius 2 is 2.19 bits per heavy atom. The largest absolute Gasteiger partial charge is 0.380 e. The standard InChI is InChI=1S/C13H18ClNO/c1-11-9-13(4-3-12(11)10-14)15-5-2-7-16-8-6-15/h3-4,9H,2,5-8,10H2,1H3. The van der Waals surface area contributed by atoms with E-state index in [1.807, 2.05) is 0 Å². The van der Waals surface area contributed by atoms with Crippen LogP contribution in [0.2, 0.25) is 0 Å². The van der Waals surface area contributed by atoms with E-state index in [0.717, 1.165) is 32.7 Å². The van der Waals surface area contributed by atoms with Crippen LogP contribution in [0.25, 0.3) is 0 Å². The van der Waals surface area contributed by atoms with E-state index >= 15 is 0 Å². The van der Waals surface area contributed by atoms with Crippen molar-refractivity contribution in [2.75, 3.05) is 31.2 Å². The van der Waals surface area contributed by atoms with Gasteiger partial charge in [-0.3, -0.25) is 0 Å². The number of benzene rings is 1. The predicted octanol–water partition coefficient (Wildman–Crippen LogP) is 2.96. The number of nitrogens with zero attached hydrogens (tertiary/aromatic N) is 1. The number of aryl methyl sites for hydroxylation is 1. The van der Waals surface area contributed by atoms with Crippen molar-refractivity contribution in [2.24, 2.45) is 0 Å². The first-order valence-electron chi connectivity index (χ1n) is 5.79. The minimum absolute atomic E-state index is 0.592. The van der Waals surface area contributed by atoms with E-state index < -0.39 is 0 Å². The van der Waals surface area contributed by atoms with Crippen molar-refractivity contribution in [1.82, 2.24) is 0 Å². The second kappa shape index (κ2) is 5.55. The summed E-state index contributed by atoms with van der Waals surface area (Å²) in [6.45, 7) is 5.90. The van der Waals surface area contributed by atoms with Gasteiger partial charge in [0.2, 0.25) is 0 Å². The van der Waals surface area contributed by atoms with E-state index in [1.54, 1.807) is 0 Å². The molecule has 0 amide bonds. The van der Waals surface area contributed by atoms with E-state index in [1.165, 1.54) is 16.8 Å². The average Bonchev–Trinajstić information content (AvgIpc) is 2.57. The molecular weight excluding hydrogens is 222 g/mol. The molecule has 1 aliphatic heterocycles. The molecule has 0 atom stereocenters. The van der Waals surface area contributed by atoms with Crippen molar-refractivity contribution >= 4 is 17.3 Å². The molecule has 16 heavy (non-hydrogen) atoms. The summed E-state index contributed by atoms with van der Waals surface area (Å²) in [6.07, 6.45) is 1.11. The molecule has 3 heteroatoms. The van der Waals surface area contributed by atoms with Crippen LogP contribution in [0.3, 0.4) is 0 Å². The lowest BCUT2D eigenvalue weighted by molar-refractivity contribution is 0.152. The third-order valence-corrected chi connectivity index (χ3v) is 3.35. The number of hydrogen-bond acceptors (Lipinski definition) is 2. The van der Waals surface area contributed by atoms with Gasteiger partial charge in [0, 0.05) is 31.3 Å². The Hall–Kier alpha value is -0.730. The number of ether oxygens (including phenoxy) is 1. The monoisotopic (exact) mass is 239 g/mol. The molecule has 0 N–H and O–H groups in total. The van der Waals surface area contributed by atoms with Crippen LogP contribution < -0.4 is 4.90 Å². The molecule has 1 heterocycles. The van der Waals surface area contributed by atoms with Crippen LogP contribution in [0.15, 0.2) is 18.2 Å². The fourth-order valence-electron chi connectivity index (χ4n) is 2.03. The SMILES string of the molecule is Cc1cc(N2CCCOCC2)ccc1CCl. The molecule has 0 radical (unpaired) electrons. The first-order chi connectivity index (χ1) is 7.81. The minimum Gasteiger partial charge on any atom is -0.380 e. The number of rotatable bonds is 2. The Bertz CT molecular complexity index is 346. The third-order valence-electron chi connectivity index (χ3n) is 3.06. The van der Waals surface area contributed by atoms with E-state index in [-0.39, 0.29) is 0 Å². The average molecular weight is 240 g/mol.